The van der Waals surface area contributed by atoms with E-state index in [0.717, 1.165) is 11.1 Å². The van der Waals surface area contributed by atoms with Crippen LogP contribution in [0.3, 0.4) is 0 Å². The summed E-state index contributed by atoms with van der Waals surface area (Å²) in [6.07, 6.45) is 1.08. The Balaban J connectivity index is 1.49. The van der Waals surface area contributed by atoms with Crippen LogP contribution in [0.2, 0.25) is 0 Å². The zero-order valence-corrected chi connectivity index (χ0v) is 29.1. The number of alkyl carbamates (subject to hydrolysis) is 1. The van der Waals surface area contributed by atoms with Crippen molar-refractivity contribution in [3.63, 3.8) is 0 Å². The van der Waals surface area contributed by atoms with Crippen LogP contribution in [0.15, 0.2) is 18.7 Å². The first-order valence-corrected chi connectivity index (χ1v) is 17.3. The van der Waals surface area contributed by atoms with Crippen LogP contribution in [0.5, 0.6) is 28.7 Å². The summed E-state index contributed by atoms with van der Waals surface area (Å²) in [6, 6.07) is 0.661. The van der Waals surface area contributed by atoms with Crippen molar-refractivity contribution in [3.8, 4) is 34.8 Å². The monoisotopic (exact) mass is 706 g/mol. The van der Waals surface area contributed by atoms with Gasteiger partial charge in [0.2, 0.25) is 6.79 Å². The molecule has 264 valence electrons. The highest BCUT2D eigenvalue weighted by atomic mass is 32.2. The van der Waals surface area contributed by atoms with Gasteiger partial charge in [-0.2, -0.15) is 5.26 Å². The van der Waals surface area contributed by atoms with Crippen molar-refractivity contribution in [3.05, 3.63) is 52.1 Å². The largest absolute Gasteiger partial charge is 0.504 e. The minimum Gasteiger partial charge on any atom is -0.504 e. The summed E-state index contributed by atoms with van der Waals surface area (Å²) < 4.78 is 34.8. The molecule has 0 radical (unpaired) electrons. The SMILES string of the molecule is C=CCOC(=O)N[C@@H]1CS[C@@H]2c3c(OC(C)=O)c(C)c4c(c3[C@H](COC1=O)N1C2[C@H]2c3c(cc(C)c(OC)c3O)C[C@@H]([C@@H]1C#N)N2C)OCO4. The number of benzene rings is 2. The van der Waals surface area contributed by atoms with Gasteiger partial charge >= 0.3 is 18.0 Å². The number of hydrogen-bond acceptors (Lipinski definition) is 14. The van der Waals surface area contributed by atoms with Crippen molar-refractivity contribution < 1.29 is 47.9 Å². The van der Waals surface area contributed by atoms with Crippen molar-refractivity contribution in [2.75, 3.05) is 39.9 Å². The maximum absolute atomic E-state index is 13.6. The number of carbonyl (C=O) groups excluding carboxylic acids is 3. The van der Waals surface area contributed by atoms with E-state index in [1.165, 1.54) is 31.9 Å². The van der Waals surface area contributed by atoms with Gasteiger partial charge in [-0.1, -0.05) is 18.7 Å². The van der Waals surface area contributed by atoms with Gasteiger partial charge in [0.1, 0.15) is 31.0 Å². The second-order valence-corrected chi connectivity index (χ2v) is 14.1. The summed E-state index contributed by atoms with van der Waals surface area (Å²) in [5.41, 5.74) is 4.15. The smallest absolute Gasteiger partial charge is 0.408 e. The van der Waals surface area contributed by atoms with Gasteiger partial charge in [-0.25, -0.2) is 9.59 Å². The third-order valence-electron chi connectivity index (χ3n) is 10.3. The Labute approximate surface area is 293 Å². The fourth-order valence-electron chi connectivity index (χ4n) is 8.39. The predicted molar refractivity (Wildman–Crippen MR) is 178 cm³/mol. The highest BCUT2D eigenvalue weighted by molar-refractivity contribution is 7.99. The number of piperazine rings is 1. The van der Waals surface area contributed by atoms with Crippen LogP contribution >= 0.6 is 11.8 Å². The molecule has 2 N–H and O–H groups in total. The molecule has 2 aromatic carbocycles. The summed E-state index contributed by atoms with van der Waals surface area (Å²) in [6.45, 7) is 8.19. The number of likely N-dealkylation sites (N-methyl/N-ethyl adjacent to an activating group) is 1. The molecule has 2 aromatic rings. The third-order valence-corrected chi connectivity index (χ3v) is 11.7. The van der Waals surface area contributed by atoms with Crippen LogP contribution in [-0.4, -0.2) is 97.0 Å². The molecular weight excluding hydrogens is 668 g/mol. The molecular formula is C35H38N4O10S. The molecule has 14 nitrogen and oxygen atoms in total. The molecule has 0 aromatic heterocycles. The lowest BCUT2D eigenvalue weighted by Gasteiger charge is -2.61. The number of nitrogens with one attached hydrogen (secondary N) is 1. The number of ether oxygens (including phenoxy) is 6. The summed E-state index contributed by atoms with van der Waals surface area (Å²) in [5, 5.41) is 24.8. The molecule has 2 saturated heterocycles. The van der Waals surface area contributed by atoms with E-state index in [9.17, 15) is 24.8 Å². The highest BCUT2D eigenvalue weighted by Crippen LogP contribution is 2.64. The Hall–Kier alpha value is -4.65. The minimum atomic E-state index is -1.10. The van der Waals surface area contributed by atoms with Crippen LogP contribution in [0.1, 0.15) is 57.6 Å². The Morgan fingerprint density at radius 1 is 1.20 bits per heavy atom. The highest BCUT2D eigenvalue weighted by Gasteiger charge is 2.60. The number of hydrogen-bond donors (Lipinski definition) is 2. The summed E-state index contributed by atoms with van der Waals surface area (Å²) in [5.74, 6) is 0.321. The van der Waals surface area contributed by atoms with Gasteiger partial charge in [-0.05, 0) is 38.4 Å². The fraction of sp³-hybridized carbons (Fsp3) is 0.486. The van der Waals surface area contributed by atoms with Gasteiger partial charge in [-0.3, -0.25) is 14.6 Å². The maximum atomic E-state index is 13.6. The lowest BCUT2D eigenvalue weighted by atomic mass is 9.71. The first-order valence-electron chi connectivity index (χ1n) is 16.3. The van der Waals surface area contributed by atoms with Gasteiger partial charge in [0.25, 0.3) is 0 Å². The van der Waals surface area contributed by atoms with E-state index in [4.69, 9.17) is 28.4 Å². The normalized spacial score (nSPS) is 27.8. The molecule has 6 aliphatic heterocycles. The van der Waals surface area contributed by atoms with E-state index in [2.05, 4.69) is 27.8 Å². The molecule has 50 heavy (non-hydrogen) atoms. The standard InChI is InChI=1S/C35H38N4O10S/c1-7-8-45-35(43)37-19-13-50-33-25-24(32-31(47-14-48-32)16(3)30(25)49-17(4)40)22(12-46-34(19)42)39-21(11-36)20-10-18-9-15(2)29(44-6)28(41)23(18)26(27(33)39)38(20)5/h7,9,19-22,26-27,33,41H,1,8,10,12-14H2,2-6H3,(H,37,43)/t19-,20+,21+,22+,26-,27?,33-/m1/s1. The van der Waals surface area contributed by atoms with Gasteiger partial charge in [-0.15, -0.1) is 11.8 Å². The number of phenols is 1. The molecule has 6 aliphatic rings. The van der Waals surface area contributed by atoms with Crippen LogP contribution in [0.4, 0.5) is 4.79 Å². The van der Waals surface area contributed by atoms with Gasteiger partial charge in [0, 0.05) is 47.0 Å². The number of aromatic hydroxyl groups is 1. The number of nitriles is 1. The number of phenolic OH excluding ortho intramolecular Hbond substituents is 1. The Morgan fingerprint density at radius 2 is 1.96 bits per heavy atom. The van der Waals surface area contributed by atoms with Crippen LogP contribution in [0.25, 0.3) is 0 Å². The zero-order chi connectivity index (χ0) is 35.6. The van der Waals surface area contributed by atoms with E-state index in [1.54, 1.807) is 6.92 Å². The Morgan fingerprint density at radius 3 is 2.66 bits per heavy atom. The van der Waals surface area contributed by atoms with E-state index >= 15 is 0 Å². The number of nitrogens with zero attached hydrogens (tertiary/aromatic N) is 3. The van der Waals surface area contributed by atoms with Crippen molar-refractivity contribution >= 4 is 29.8 Å². The average Bonchev–Trinajstić information content (AvgIpc) is 3.57. The molecule has 1 unspecified atom stereocenters. The Bertz CT molecular complexity index is 1840. The Kier molecular flexibility index (Phi) is 8.73. The van der Waals surface area contributed by atoms with Gasteiger partial charge in [0.15, 0.2) is 23.0 Å². The second-order valence-electron chi connectivity index (χ2n) is 13.0. The van der Waals surface area contributed by atoms with Crippen molar-refractivity contribution in [1.29, 1.82) is 5.26 Å². The first kappa shape index (κ1) is 33.8. The second kappa shape index (κ2) is 12.9. The number of thioether (sulfide) groups is 1. The average molecular weight is 707 g/mol. The predicted octanol–water partition coefficient (Wildman–Crippen LogP) is 3.51. The summed E-state index contributed by atoms with van der Waals surface area (Å²) in [4.78, 5) is 43.2. The molecule has 7 atom stereocenters. The number of fused-ring (bicyclic) bond motifs is 10. The molecule has 2 fully saturated rings. The van der Waals surface area contributed by atoms with E-state index in [1.807, 2.05) is 20.0 Å². The lowest BCUT2D eigenvalue weighted by Crippen LogP contribution is -2.69. The quantitative estimate of drug-likeness (QED) is 0.263. The van der Waals surface area contributed by atoms with Crippen molar-refractivity contribution in [2.45, 2.75) is 68.7 Å². The topological polar surface area (TPSA) is 169 Å². The van der Waals surface area contributed by atoms with Gasteiger partial charge in [0.05, 0.1) is 30.5 Å². The van der Waals surface area contributed by atoms with E-state index in [0.29, 0.717) is 51.7 Å². The van der Waals surface area contributed by atoms with Crippen LogP contribution in [-0.2, 0) is 25.5 Å². The number of amides is 1. The number of methoxy groups -OCH3 is 1. The van der Waals surface area contributed by atoms with Crippen LogP contribution in [0, 0.1) is 25.2 Å². The van der Waals surface area contributed by atoms with E-state index in [-0.39, 0.29) is 37.6 Å². The van der Waals surface area contributed by atoms with Crippen molar-refractivity contribution in [1.82, 2.24) is 15.1 Å². The molecule has 0 aliphatic carbocycles. The van der Waals surface area contributed by atoms with Crippen molar-refractivity contribution in [2.24, 2.45) is 0 Å². The van der Waals surface area contributed by atoms with Crippen LogP contribution < -0.4 is 24.3 Å². The molecule has 4 bridgehead atoms. The number of aryl methyl sites for hydroxylation is 1. The molecule has 1 amide bonds. The molecule has 8 rings (SSSR count). The number of carbonyl (C=O) groups is 3. The minimum absolute atomic E-state index is 0.0179. The molecule has 15 heteroatoms. The summed E-state index contributed by atoms with van der Waals surface area (Å²) >= 11 is 1.34. The molecule has 0 saturated carbocycles. The fourth-order valence-corrected chi connectivity index (χ4v) is 9.89. The zero-order valence-electron chi connectivity index (χ0n) is 28.3. The van der Waals surface area contributed by atoms with E-state index < -0.39 is 53.5 Å². The maximum Gasteiger partial charge on any atom is 0.408 e. The first-order chi connectivity index (χ1) is 24.0. The number of rotatable bonds is 5. The molecule has 6 heterocycles. The number of esters is 2. The van der Waals surface area contributed by atoms with Gasteiger partial charge < -0.3 is 38.8 Å². The lowest BCUT2D eigenvalue weighted by molar-refractivity contribution is -0.151. The third kappa shape index (κ3) is 5.11. The molecule has 0 spiro atoms. The summed E-state index contributed by atoms with van der Waals surface area (Å²) in [7, 11) is 3.46.